The standard InChI is InChI=1S/C11H21N5S/c1-12-11(15-6-9-17-2)14-4-3-7-16-8-5-13-10-16/h5,8,10H,3-4,6-7,9H2,1-2H3,(H2,12,14,15). The molecule has 0 aromatic carbocycles. The topological polar surface area (TPSA) is 54.2 Å². The van der Waals surface area contributed by atoms with Crippen molar-refractivity contribution in [1.29, 1.82) is 0 Å². The predicted molar refractivity (Wildman–Crippen MR) is 74.6 cm³/mol. The molecule has 0 saturated heterocycles. The molecule has 17 heavy (non-hydrogen) atoms. The van der Waals surface area contributed by atoms with E-state index in [-0.39, 0.29) is 0 Å². The highest BCUT2D eigenvalue weighted by atomic mass is 32.2. The van der Waals surface area contributed by atoms with Gasteiger partial charge in [-0.2, -0.15) is 11.8 Å². The zero-order valence-electron chi connectivity index (χ0n) is 10.5. The zero-order chi connectivity index (χ0) is 12.3. The van der Waals surface area contributed by atoms with Crippen molar-refractivity contribution >= 4 is 17.7 Å². The molecule has 0 aliphatic rings. The van der Waals surface area contributed by atoms with E-state index in [2.05, 4.69) is 31.4 Å². The van der Waals surface area contributed by atoms with Crippen molar-refractivity contribution in [2.75, 3.05) is 32.1 Å². The van der Waals surface area contributed by atoms with Crippen molar-refractivity contribution in [2.24, 2.45) is 4.99 Å². The molecule has 0 fully saturated rings. The van der Waals surface area contributed by atoms with Gasteiger partial charge in [-0.05, 0) is 12.7 Å². The molecule has 0 spiro atoms. The second-order valence-electron chi connectivity index (χ2n) is 3.57. The van der Waals surface area contributed by atoms with E-state index in [0.717, 1.165) is 37.8 Å². The summed E-state index contributed by atoms with van der Waals surface area (Å²) in [6, 6.07) is 0. The first-order valence-corrected chi connectivity index (χ1v) is 7.15. The monoisotopic (exact) mass is 255 g/mol. The van der Waals surface area contributed by atoms with Gasteiger partial charge in [0.25, 0.3) is 0 Å². The van der Waals surface area contributed by atoms with Crippen LogP contribution in [0.5, 0.6) is 0 Å². The summed E-state index contributed by atoms with van der Waals surface area (Å²) in [5.41, 5.74) is 0. The van der Waals surface area contributed by atoms with Crippen molar-refractivity contribution < 1.29 is 0 Å². The summed E-state index contributed by atoms with van der Waals surface area (Å²) in [5.74, 6) is 1.97. The van der Waals surface area contributed by atoms with E-state index in [0.29, 0.717) is 0 Å². The van der Waals surface area contributed by atoms with Crippen LogP contribution < -0.4 is 10.6 Å². The SMILES string of the molecule is CN=C(NCCCn1ccnc1)NCCSC. The van der Waals surface area contributed by atoms with Gasteiger partial charge in [-0.1, -0.05) is 0 Å². The summed E-state index contributed by atoms with van der Waals surface area (Å²) in [6.07, 6.45) is 8.77. The lowest BCUT2D eigenvalue weighted by atomic mass is 10.4. The minimum absolute atomic E-state index is 0.879. The van der Waals surface area contributed by atoms with Gasteiger partial charge in [0.15, 0.2) is 5.96 Å². The molecule has 1 rings (SSSR count). The molecular formula is C11H21N5S. The Bertz CT molecular complexity index is 310. The minimum Gasteiger partial charge on any atom is -0.356 e. The molecule has 0 bridgehead atoms. The second kappa shape index (κ2) is 8.92. The maximum absolute atomic E-state index is 4.16. The van der Waals surface area contributed by atoms with Crippen LogP contribution in [0.25, 0.3) is 0 Å². The fraction of sp³-hybridized carbons (Fsp3) is 0.636. The molecule has 0 radical (unpaired) electrons. The molecule has 0 amide bonds. The number of hydrogen-bond donors (Lipinski definition) is 2. The average Bonchev–Trinajstić information content (AvgIpc) is 2.85. The highest BCUT2D eigenvalue weighted by Gasteiger charge is 1.96. The van der Waals surface area contributed by atoms with Crippen LogP contribution >= 0.6 is 11.8 Å². The molecule has 1 heterocycles. The lowest BCUT2D eigenvalue weighted by Gasteiger charge is -2.11. The fourth-order valence-electron chi connectivity index (χ4n) is 1.38. The van der Waals surface area contributed by atoms with Crippen LogP contribution in [-0.2, 0) is 6.54 Å². The van der Waals surface area contributed by atoms with Gasteiger partial charge in [0.1, 0.15) is 0 Å². The van der Waals surface area contributed by atoms with Gasteiger partial charge >= 0.3 is 0 Å². The van der Waals surface area contributed by atoms with Gasteiger partial charge in [-0.25, -0.2) is 4.98 Å². The molecule has 0 atom stereocenters. The average molecular weight is 255 g/mol. The Kier molecular flexibility index (Phi) is 7.29. The van der Waals surface area contributed by atoms with Crippen molar-refractivity contribution in [1.82, 2.24) is 20.2 Å². The Morgan fingerprint density at radius 2 is 2.24 bits per heavy atom. The van der Waals surface area contributed by atoms with E-state index in [1.54, 1.807) is 13.2 Å². The smallest absolute Gasteiger partial charge is 0.191 e. The zero-order valence-corrected chi connectivity index (χ0v) is 11.3. The maximum Gasteiger partial charge on any atom is 0.191 e. The highest BCUT2D eigenvalue weighted by molar-refractivity contribution is 7.98. The van der Waals surface area contributed by atoms with Crippen LogP contribution in [0.3, 0.4) is 0 Å². The van der Waals surface area contributed by atoms with Crippen LogP contribution in [0.1, 0.15) is 6.42 Å². The lowest BCUT2D eigenvalue weighted by Crippen LogP contribution is -2.39. The van der Waals surface area contributed by atoms with Crippen LogP contribution in [0.15, 0.2) is 23.7 Å². The lowest BCUT2D eigenvalue weighted by molar-refractivity contribution is 0.625. The fourth-order valence-corrected chi connectivity index (χ4v) is 1.69. The molecule has 0 saturated carbocycles. The second-order valence-corrected chi connectivity index (χ2v) is 4.56. The van der Waals surface area contributed by atoms with E-state index >= 15 is 0 Å². The molecule has 0 aliphatic carbocycles. The molecular weight excluding hydrogens is 234 g/mol. The predicted octanol–water partition coefficient (Wildman–Crippen LogP) is 0.801. The Morgan fingerprint density at radius 3 is 2.88 bits per heavy atom. The summed E-state index contributed by atoms with van der Waals surface area (Å²) < 4.78 is 2.07. The number of imidazole rings is 1. The van der Waals surface area contributed by atoms with Crippen LogP contribution in [-0.4, -0.2) is 47.7 Å². The molecule has 0 aliphatic heterocycles. The first-order valence-electron chi connectivity index (χ1n) is 5.76. The van der Waals surface area contributed by atoms with E-state index in [1.165, 1.54) is 0 Å². The summed E-state index contributed by atoms with van der Waals surface area (Å²) in [5, 5.41) is 6.55. The number of aliphatic imine (C=N–C) groups is 1. The number of guanidine groups is 1. The van der Waals surface area contributed by atoms with Gasteiger partial charge in [-0.3, -0.25) is 4.99 Å². The Hall–Kier alpha value is -1.17. The number of hydrogen-bond acceptors (Lipinski definition) is 3. The van der Waals surface area contributed by atoms with Gasteiger partial charge in [0, 0.05) is 44.8 Å². The van der Waals surface area contributed by atoms with Crippen LogP contribution in [0.2, 0.25) is 0 Å². The van der Waals surface area contributed by atoms with Crippen molar-refractivity contribution in [3.8, 4) is 0 Å². The number of nitrogens with one attached hydrogen (secondary N) is 2. The first kappa shape index (κ1) is 13.9. The summed E-state index contributed by atoms with van der Waals surface area (Å²) in [6.45, 7) is 2.84. The van der Waals surface area contributed by atoms with Crippen molar-refractivity contribution in [3.05, 3.63) is 18.7 Å². The van der Waals surface area contributed by atoms with E-state index < -0.39 is 0 Å². The largest absolute Gasteiger partial charge is 0.356 e. The van der Waals surface area contributed by atoms with E-state index in [4.69, 9.17) is 0 Å². The molecule has 1 aromatic rings. The normalized spacial score (nSPS) is 11.5. The van der Waals surface area contributed by atoms with E-state index in [1.807, 2.05) is 24.3 Å². The number of nitrogens with zero attached hydrogens (tertiary/aromatic N) is 3. The van der Waals surface area contributed by atoms with Gasteiger partial charge < -0.3 is 15.2 Å². The number of aryl methyl sites for hydroxylation is 1. The quantitative estimate of drug-likeness (QED) is 0.430. The first-order chi connectivity index (χ1) is 8.36. The van der Waals surface area contributed by atoms with Gasteiger partial charge in [-0.15, -0.1) is 0 Å². The summed E-state index contributed by atoms with van der Waals surface area (Å²) >= 11 is 1.83. The molecule has 5 nitrogen and oxygen atoms in total. The molecule has 6 heteroatoms. The highest BCUT2D eigenvalue weighted by Crippen LogP contribution is 1.89. The van der Waals surface area contributed by atoms with E-state index in [9.17, 15) is 0 Å². The Balaban J connectivity index is 2.07. The number of aromatic nitrogens is 2. The molecule has 2 N–H and O–H groups in total. The number of rotatable bonds is 7. The van der Waals surface area contributed by atoms with Crippen molar-refractivity contribution in [3.63, 3.8) is 0 Å². The summed E-state index contributed by atoms with van der Waals surface area (Å²) in [4.78, 5) is 8.17. The molecule has 1 aromatic heterocycles. The Labute approximate surface area is 107 Å². The van der Waals surface area contributed by atoms with Gasteiger partial charge in [0.05, 0.1) is 6.33 Å². The van der Waals surface area contributed by atoms with Crippen molar-refractivity contribution in [2.45, 2.75) is 13.0 Å². The van der Waals surface area contributed by atoms with Gasteiger partial charge in [0.2, 0.25) is 0 Å². The summed E-state index contributed by atoms with van der Waals surface area (Å²) in [7, 11) is 1.80. The maximum atomic E-state index is 4.16. The van der Waals surface area contributed by atoms with Crippen LogP contribution in [0, 0.1) is 0 Å². The van der Waals surface area contributed by atoms with Crippen LogP contribution in [0.4, 0.5) is 0 Å². The third-order valence-corrected chi connectivity index (χ3v) is 2.88. The Morgan fingerprint density at radius 1 is 1.41 bits per heavy atom. The molecule has 0 unspecified atom stereocenters. The third-order valence-electron chi connectivity index (χ3n) is 2.27. The molecule has 96 valence electrons. The number of thioether (sulfide) groups is 1. The minimum atomic E-state index is 0.879. The third kappa shape index (κ3) is 6.21.